The van der Waals surface area contributed by atoms with Crippen molar-refractivity contribution in [3.8, 4) is 17.0 Å². The molecule has 0 aliphatic carbocycles. The van der Waals surface area contributed by atoms with Crippen LogP contribution in [0.3, 0.4) is 0 Å². The third kappa shape index (κ3) is 4.42. The smallest absolute Gasteiger partial charge is 0.282 e. The summed E-state index contributed by atoms with van der Waals surface area (Å²) < 4.78 is 38.2. The van der Waals surface area contributed by atoms with Crippen LogP contribution in [0.1, 0.15) is 6.92 Å². The van der Waals surface area contributed by atoms with Gasteiger partial charge in [-0.05, 0) is 55.5 Å². The van der Waals surface area contributed by atoms with E-state index >= 15 is 0 Å². The lowest BCUT2D eigenvalue weighted by Gasteiger charge is -2.08. The Morgan fingerprint density at radius 2 is 1.81 bits per heavy atom. The zero-order valence-electron chi connectivity index (χ0n) is 16.9. The minimum absolute atomic E-state index is 0.299. The first-order valence-corrected chi connectivity index (χ1v) is 11.5. The number of nitrogens with zero attached hydrogens (tertiary/aromatic N) is 5. The highest BCUT2D eigenvalue weighted by molar-refractivity contribution is 7.85. The summed E-state index contributed by atoms with van der Waals surface area (Å²) in [6.07, 6.45) is 0. The van der Waals surface area contributed by atoms with Gasteiger partial charge in [-0.25, -0.2) is 13.4 Å². The largest absolute Gasteiger partial charge is 0.744 e. The normalized spacial score (nSPS) is 16.6. The first-order chi connectivity index (χ1) is 15.3. The lowest BCUT2D eigenvalue weighted by atomic mass is 10.2. The molecule has 0 radical (unpaired) electrons. The van der Waals surface area contributed by atoms with Crippen LogP contribution in [0.25, 0.3) is 11.3 Å². The Hall–Kier alpha value is -3.48. The van der Waals surface area contributed by atoms with Crippen molar-refractivity contribution in [3.63, 3.8) is 0 Å². The van der Waals surface area contributed by atoms with Gasteiger partial charge >= 0.3 is 0 Å². The first-order valence-electron chi connectivity index (χ1n) is 9.22. The van der Waals surface area contributed by atoms with Crippen LogP contribution < -0.4 is 9.75 Å². The van der Waals surface area contributed by atoms with Crippen molar-refractivity contribution in [1.29, 1.82) is 0 Å². The minimum Gasteiger partial charge on any atom is -0.744 e. The number of aromatic nitrogens is 1. The average molecular weight is 471 g/mol. The summed E-state index contributed by atoms with van der Waals surface area (Å²) in [5, 5.41) is 15.7. The molecule has 164 valence electrons. The van der Waals surface area contributed by atoms with E-state index in [1.165, 1.54) is 28.5 Å². The van der Waals surface area contributed by atoms with Gasteiger partial charge in [-0.2, -0.15) is 20.3 Å². The Morgan fingerprint density at radius 3 is 2.44 bits per heavy atom. The standard InChI is InChI=1S/C20H17N5O5S2/c1-12-18(23-22-14-5-9-16(10-6-14)32(27,28)29)19(26)25(24-12)20-21-17(11-31-20)13-3-7-15(30-2)8-4-13/h3-11,18H,1-2H3,(H,27,28,29)/p-1/t18-/m1/s1. The van der Waals surface area contributed by atoms with Crippen LogP contribution >= 0.6 is 11.3 Å². The summed E-state index contributed by atoms with van der Waals surface area (Å²) in [5.74, 6) is 0.331. The van der Waals surface area contributed by atoms with Gasteiger partial charge < -0.3 is 9.29 Å². The van der Waals surface area contributed by atoms with E-state index in [0.29, 0.717) is 22.2 Å². The first kappa shape index (κ1) is 21.7. The number of hydrogen-bond donors (Lipinski definition) is 0. The maximum atomic E-state index is 12.8. The van der Waals surface area contributed by atoms with E-state index in [1.807, 2.05) is 29.6 Å². The van der Waals surface area contributed by atoms with E-state index < -0.39 is 22.1 Å². The monoisotopic (exact) mass is 470 g/mol. The fourth-order valence-corrected chi connectivity index (χ4v) is 4.14. The number of azo groups is 1. The summed E-state index contributed by atoms with van der Waals surface area (Å²) in [7, 11) is -2.95. The molecule has 3 aromatic rings. The van der Waals surface area contributed by atoms with Crippen molar-refractivity contribution in [2.45, 2.75) is 17.9 Å². The second-order valence-electron chi connectivity index (χ2n) is 6.70. The average Bonchev–Trinajstić information content (AvgIpc) is 3.37. The fraction of sp³-hybridized carbons (Fsp3) is 0.150. The van der Waals surface area contributed by atoms with E-state index in [2.05, 4.69) is 20.3 Å². The van der Waals surface area contributed by atoms with E-state index in [4.69, 9.17) is 4.74 Å². The molecule has 0 bridgehead atoms. The van der Waals surface area contributed by atoms with Crippen LogP contribution in [0.15, 0.2) is 74.1 Å². The second kappa shape index (κ2) is 8.57. The molecule has 32 heavy (non-hydrogen) atoms. The quantitative estimate of drug-likeness (QED) is 0.399. The van der Waals surface area contributed by atoms with Crippen molar-refractivity contribution in [1.82, 2.24) is 4.98 Å². The van der Waals surface area contributed by atoms with Crippen molar-refractivity contribution < 1.29 is 22.5 Å². The van der Waals surface area contributed by atoms with Crippen LogP contribution in [0.2, 0.25) is 0 Å². The summed E-state index contributed by atoms with van der Waals surface area (Å²) in [4.78, 5) is 17.0. The molecular weight excluding hydrogens is 454 g/mol. The number of amides is 1. The number of benzene rings is 2. The predicted molar refractivity (Wildman–Crippen MR) is 117 cm³/mol. The molecule has 1 aliphatic heterocycles. The molecular formula is C20H16N5O5S2-. The maximum absolute atomic E-state index is 12.8. The van der Waals surface area contributed by atoms with Crippen LogP contribution in [0.4, 0.5) is 10.8 Å². The summed E-state index contributed by atoms with van der Waals surface area (Å²) in [5.41, 5.74) is 2.32. The molecule has 0 saturated heterocycles. The summed E-state index contributed by atoms with van der Waals surface area (Å²) >= 11 is 1.27. The number of ether oxygens (including phenoxy) is 1. The van der Waals surface area contributed by atoms with E-state index in [9.17, 15) is 17.8 Å². The second-order valence-corrected chi connectivity index (χ2v) is 8.92. The molecule has 4 rings (SSSR count). The molecule has 0 spiro atoms. The summed E-state index contributed by atoms with van der Waals surface area (Å²) in [6.45, 7) is 1.66. The van der Waals surface area contributed by atoms with Crippen LogP contribution in [0.5, 0.6) is 5.75 Å². The lowest BCUT2D eigenvalue weighted by molar-refractivity contribution is -0.117. The fourth-order valence-electron chi connectivity index (χ4n) is 2.89. The number of hydrogen-bond acceptors (Lipinski definition) is 10. The van der Waals surface area contributed by atoms with E-state index in [-0.39, 0.29) is 4.90 Å². The summed E-state index contributed by atoms with van der Waals surface area (Å²) in [6, 6.07) is 11.4. The number of methoxy groups -OCH3 is 1. The van der Waals surface area contributed by atoms with Gasteiger partial charge in [0.1, 0.15) is 15.9 Å². The zero-order chi connectivity index (χ0) is 22.9. The van der Waals surface area contributed by atoms with E-state index in [1.54, 1.807) is 14.0 Å². The highest BCUT2D eigenvalue weighted by atomic mass is 32.2. The van der Waals surface area contributed by atoms with Gasteiger partial charge in [0.2, 0.25) is 5.13 Å². The molecule has 1 atom stereocenters. The molecule has 0 saturated carbocycles. The third-order valence-electron chi connectivity index (χ3n) is 4.57. The van der Waals surface area contributed by atoms with Crippen molar-refractivity contribution in [2.75, 3.05) is 12.1 Å². The number of hydrazone groups is 1. The SMILES string of the molecule is COc1ccc(-c2csc(N3N=C(C)[C@@H](N=Nc4ccc(S(=O)(=O)[O-])cc4)C3=O)n2)cc1. The van der Waals surface area contributed by atoms with Gasteiger partial charge in [-0.15, -0.1) is 11.3 Å². The molecule has 0 N–H and O–H groups in total. The van der Waals surface area contributed by atoms with Crippen molar-refractivity contribution in [3.05, 3.63) is 53.9 Å². The Kier molecular flexibility index (Phi) is 5.82. The Labute approximate surface area is 187 Å². The highest BCUT2D eigenvalue weighted by Crippen LogP contribution is 2.31. The molecule has 1 aromatic heterocycles. The van der Waals surface area contributed by atoms with E-state index in [0.717, 1.165) is 23.4 Å². The van der Waals surface area contributed by atoms with Crippen LogP contribution in [-0.4, -0.2) is 42.7 Å². The number of thiazole rings is 1. The maximum Gasteiger partial charge on any atom is 0.282 e. The van der Waals surface area contributed by atoms with Gasteiger partial charge in [0.15, 0.2) is 6.04 Å². The molecule has 1 aliphatic rings. The minimum atomic E-state index is -4.54. The van der Waals surface area contributed by atoms with Crippen molar-refractivity contribution in [2.24, 2.45) is 15.3 Å². The molecule has 2 aromatic carbocycles. The Morgan fingerprint density at radius 1 is 1.12 bits per heavy atom. The molecule has 2 heterocycles. The molecule has 1 amide bonds. The molecule has 0 unspecified atom stereocenters. The van der Waals surface area contributed by atoms with Crippen molar-refractivity contribution >= 4 is 43.9 Å². The predicted octanol–water partition coefficient (Wildman–Crippen LogP) is 3.60. The molecule has 12 heteroatoms. The molecule has 10 nitrogen and oxygen atoms in total. The lowest BCUT2D eigenvalue weighted by Crippen LogP contribution is -2.29. The van der Waals surface area contributed by atoms with Gasteiger partial charge in [-0.1, -0.05) is 0 Å². The number of anilines is 1. The van der Waals surface area contributed by atoms with Gasteiger partial charge in [-0.3, -0.25) is 4.79 Å². The number of carbonyl (C=O) groups excluding carboxylic acids is 1. The third-order valence-corrected chi connectivity index (χ3v) is 6.23. The van der Waals surface area contributed by atoms with Gasteiger partial charge in [0, 0.05) is 10.9 Å². The van der Waals surface area contributed by atoms with Gasteiger partial charge in [0.25, 0.3) is 5.91 Å². The Balaban J connectivity index is 1.50. The topological polar surface area (TPSA) is 137 Å². The zero-order valence-corrected chi connectivity index (χ0v) is 18.5. The highest BCUT2D eigenvalue weighted by Gasteiger charge is 2.36. The van der Waals surface area contributed by atoms with Crippen LogP contribution in [0, 0.1) is 0 Å². The Bertz CT molecular complexity index is 1320. The number of rotatable bonds is 6. The molecule has 0 fully saturated rings. The van der Waals surface area contributed by atoms with Gasteiger partial charge in [0.05, 0.1) is 29.1 Å². The van der Waals surface area contributed by atoms with Crippen LogP contribution in [-0.2, 0) is 14.9 Å². The number of carbonyl (C=O) groups is 1.